The number of halogens is 1. The Bertz CT molecular complexity index is 584. The molecule has 1 amide bonds. The van der Waals surface area contributed by atoms with Gasteiger partial charge in [0.2, 0.25) is 5.91 Å². The number of benzene rings is 1. The summed E-state index contributed by atoms with van der Waals surface area (Å²) in [4.78, 5) is 14.7. The van der Waals surface area contributed by atoms with Gasteiger partial charge < -0.3 is 4.90 Å². The predicted molar refractivity (Wildman–Crippen MR) is 105 cm³/mol. The number of anilines is 1. The minimum Gasteiger partial charge on any atom is -0.312 e. The maximum absolute atomic E-state index is 12.7. The molecule has 3 heteroatoms. The van der Waals surface area contributed by atoms with Gasteiger partial charge in [-0.2, -0.15) is 0 Å². The second-order valence-electron chi connectivity index (χ2n) is 8.20. The van der Waals surface area contributed by atoms with E-state index in [0.717, 1.165) is 43.8 Å². The zero-order valence-corrected chi connectivity index (χ0v) is 16.7. The van der Waals surface area contributed by atoms with Crippen molar-refractivity contribution >= 4 is 27.5 Å². The summed E-state index contributed by atoms with van der Waals surface area (Å²) in [6.45, 7) is 5.25. The molecule has 1 aromatic rings. The third-order valence-electron chi connectivity index (χ3n) is 5.46. The Labute approximate surface area is 155 Å². The fourth-order valence-corrected chi connectivity index (χ4v) is 4.57. The zero-order chi connectivity index (χ0) is 17.2. The van der Waals surface area contributed by atoms with Gasteiger partial charge in [-0.15, -0.1) is 0 Å². The number of nitrogens with zero attached hydrogens (tertiary/aromatic N) is 1. The molecule has 2 nitrogen and oxygen atoms in total. The van der Waals surface area contributed by atoms with Crippen LogP contribution in [0.15, 0.2) is 18.2 Å². The van der Waals surface area contributed by atoms with Crippen molar-refractivity contribution in [1.82, 2.24) is 0 Å². The number of alkyl halides is 1. The number of hydrogen-bond donors (Lipinski definition) is 0. The molecule has 0 radical (unpaired) electrons. The van der Waals surface area contributed by atoms with Crippen molar-refractivity contribution in [2.75, 3.05) is 11.4 Å². The molecule has 1 heterocycles. The van der Waals surface area contributed by atoms with Crippen molar-refractivity contribution < 1.29 is 4.79 Å². The van der Waals surface area contributed by atoms with Crippen LogP contribution in [-0.4, -0.2) is 16.8 Å². The van der Waals surface area contributed by atoms with Crippen LogP contribution >= 0.6 is 15.9 Å². The van der Waals surface area contributed by atoms with Crippen molar-refractivity contribution in [2.45, 2.75) is 76.0 Å². The standard InChI is InChI=1S/C21H30BrNO/c1-21(2,22)15-17-8-10-19-18(14-17)12-13-23(19)20(24)11-9-16-6-4-3-5-7-16/h8,10,14,16H,3-7,9,11-13,15H2,1-2H3. The van der Waals surface area contributed by atoms with Crippen LogP contribution in [0.5, 0.6) is 0 Å². The van der Waals surface area contributed by atoms with E-state index in [2.05, 4.69) is 48.0 Å². The molecule has 2 aliphatic rings. The topological polar surface area (TPSA) is 20.3 Å². The molecule has 24 heavy (non-hydrogen) atoms. The second-order valence-corrected chi connectivity index (χ2v) is 10.3. The molecule has 0 spiro atoms. The summed E-state index contributed by atoms with van der Waals surface area (Å²) in [5, 5.41) is 0. The average molecular weight is 392 g/mol. The highest BCUT2D eigenvalue weighted by Gasteiger charge is 2.26. The molecule has 132 valence electrons. The SMILES string of the molecule is CC(C)(Br)Cc1ccc2c(c1)CCN2C(=O)CCC1CCCCC1. The van der Waals surface area contributed by atoms with Gasteiger partial charge in [0, 0.05) is 23.0 Å². The van der Waals surface area contributed by atoms with Crippen LogP contribution in [0.4, 0.5) is 5.69 Å². The Morgan fingerprint density at radius 3 is 2.71 bits per heavy atom. The Kier molecular flexibility index (Phi) is 5.69. The molecule has 1 fully saturated rings. The summed E-state index contributed by atoms with van der Waals surface area (Å²) in [5.41, 5.74) is 3.85. The third kappa shape index (κ3) is 4.62. The molecule has 1 aliphatic carbocycles. The Balaban J connectivity index is 1.60. The lowest BCUT2D eigenvalue weighted by Gasteiger charge is -2.23. The highest BCUT2D eigenvalue weighted by atomic mass is 79.9. The van der Waals surface area contributed by atoms with Gasteiger partial charge in [-0.1, -0.05) is 60.2 Å². The number of amides is 1. The normalized spacial score (nSPS) is 18.7. The molecule has 0 N–H and O–H groups in total. The molecule has 1 saturated carbocycles. The monoisotopic (exact) mass is 391 g/mol. The molecule has 0 bridgehead atoms. The van der Waals surface area contributed by atoms with Gasteiger partial charge in [-0.25, -0.2) is 0 Å². The van der Waals surface area contributed by atoms with Crippen LogP contribution in [-0.2, 0) is 17.6 Å². The van der Waals surface area contributed by atoms with E-state index < -0.39 is 0 Å². The lowest BCUT2D eigenvalue weighted by Crippen LogP contribution is -2.29. The van der Waals surface area contributed by atoms with E-state index in [1.807, 2.05) is 4.90 Å². The van der Waals surface area contributed by atoms with Crippen molar-refractivity contribution in [2.24, 2.45) is 5.92 Å². The largest absolute Gasteiger partial charge is 0.312 e. The summed E-state index contributed by atoms with van der Waals surface area (Å²) >= 11 is 3.72. The van der Waals surface area contributed by atoms with Crippen molar-refractivity contribution in [3.05, 3.63) is 29.3 Å². The number of carbonyl (C=O) groups excluding carboxylic acids is 1. The number of fused-ring (bicyclic) bond motifs is 1. The van der Waals surface area contributed by atoms with Gasteiger partial charge in [-0.3, -0.25) is 4.79 Å². The van der Waals surface area contributed by atoms with Crippen LogP contribution in [0, 0.1) is 5.92 Å². The molecule has 0 unspecified atom stereocenters. The molecule has 0 atom stereocenters. The van der Waals surface area contributed by atoms with E-state index in [1.165, 1.54) is 43.2 Å². The summed E-state index contributed by atoms with van der Waals surface area (Å²) in [6, 6.07) is 6.65. The van der Waals surface area contributed by atoms with Gasteiger partial charge in [-0.05, 0) is 56.2 Å². The van der Waals surface area contributed by atoms with E-state index >= 15 is 0 Å². The minimum absolute atomic E-state index is 0.120. The Hall–Kier alpha value is -0.830. The van der Waals surface area contributed by atoms with Crippen LogP contribution in [0.1, 0.15) is 69.9 Å². The first kappa shape index (κ1) is 18.0. The maximum atomic E-state index is 12.7. The molecule has 0 aromatic heterocycles. The average Bonchev–Trinajstić information content (AvgIpc) is 2.95. The second kappa shape index (κ2) is 7.59. The van der Waals surface area contributed by atoms with Crippen molar-refractivity contribution in [3.8, 4) is 0 Å². The summed E-state index contributed by atoms with van der Waals surface area (Å²) in [7, 11) is 0. The van der Waals surface area contributed by atoms with E-state index in [-0.39, 0.29) is 4.32 Å². The highest BCUT2D eigenvalue weighted by molar-refractivity contribution is 9.10. The molecule has 0 saturated heterocycles. The first-order valence-electron chi connectivity index (χ1n) is 9.53. The Morgan fingerprint density at radius 2 is 2.00 bits per heavy atom. The molecular weight excluding hydrogens is 362 g/mol. The highest BCUT2D eigenvalue weighted by Crippen LogP contribution is 2.33. The molecular formula is C21H30BrNO. The molecule has 1 aromatic carbocycles. The van der Waals surface area contributed by atoms with Crippen LogP contribution < -0.4 is 4.90 Å². The van der Waals surface area contributed by atoms with E-state index in [1.54, 1.807) is 0 Å². The number of carbonyl (C=O) groups is 1. The number of rotatable bonds is 5. The fourth-order valence-electron chi connectivity index (χ4n) is 4.25. The first-order valence-corrected chi connectivity index (χ1v) is 10.3. The van der Waals surface area contributed by atoms with E-state index in [4.69, 9.17) is 0 Å². The smallest absolute Gasteiger partial charge is 0.227 e. The van der Waals surface area contributed by atoms with Crippen molar-refractivity contribution in [1.29, 1.82) is 0 Å². The minimum atomic E-state index is 0.120. The summed E-state index contributed by atoms with van der Waals surface area (Å²) in [6.07, 6.45) is 10.6. The van der Waals surface area contributed by atoms with Gasteiger partial charge in [0.25, 0.3) is 0 Å². The zero-order valence-electron chi connectivity index (χ0n) is 15.1. The van der Waals surface area contributed by atoms with E-state index in [9.17, 15) is 4.79 Å². The van der Waals surface area contributed by atoms with E-state index in [0.29, 0.717) is 5.91 Å². The fraction of sp³-hybridized carbons (Fsp3) is 0.667. The van der Waals surface area contributed by atoms with Gasteiger partial charge in [0.1, 0.15) is 0 Å². The lowest BCUT2D eigenvalue weighted by atomic mass is 9.86. The number of hydrogen-bond acceptors (Lipinski definition) is 1. The van der Waals surface area contributed by atoms with Crippen LogP contribution in [0.3, 0.4) is 0 Å². The first-order chi connectivity index (χ1) is 11.4. The summed E-state index contributed by atoms with van der Waals surface area (Å²) < 4.78 is 0.120. The predicted octanol–water partition coefficient (Wildman–Crippen LogP) is 5.65. The molecule has 3 rings (SSSR count). The van der Waals surface area contributed by atoms with Gasteiger partial charge >= 0.3 is 0 Å². The Morgan fingerprint density at radius 1 is 1.25 bits per heavy atom. The maximum Gasteiger partial charge on any atom is 0.227 e. The van der Waals surface area contributed by atoms with Gasteiger partial charge in [0.15, 0.2) is 0 Å². The molecule has 1 aliphatic heterocycles. The lowest BCUT2D eigenvalue weighted by molar-refractivity contribution is -0.118. The third-order valence-corrected chi connectivity index (χ3v) is 5.74. The van der Waals surface area contributed by atoms with Gasteiger partial charge in [0.05, 0.1) is 0 Å². The quantitative estimate of drug-likeness (QED) is 0.593. The van der Waals surface area contributed by atoms with Crippen LogP contribution in [0.25, 0.3) is 0 Å². The van der Waals surface area contributed by atoms with Crippen molar-refractivity contribution in [3.63, 3.8) is 0 Å². The summed E-state index contributed by atoms with van der Waals surface area (Å²) in [5.74, 6) is 1.11. The van der Waals surface area contributed by atoms with Crippen LogP contribution in [0.2, 0.25) is 0 Å².